The lowest BCUT2D eigenvalue weighted by Gasteiger charge is -2.14. The Kier molecular flexibility index (Phi) is 6.63. The van der Waals surface area contributed by atoms with Gasteiger partial charge in [0.15, 0.2) is 0 Å². The van der Waals surface area contributed by atoms with E-state index in [-0.39, 0.29) is 22.3 Å². The molecular formula is C19H11Cl3F3NO2S. The molecule has 3 nitrogen and oxygen atoms in total. The minimum absolute atomic E-state index is 0.0573. The van der Waals surface area contributed by atoms with Gasteiger partial charge in [0.1, 0.15) is 17.2 Å². The van der Waals surface area contributed by atoms with E-state index >= 15 is 0 Å². The van der Waals surface area contributed by atoms with Crippen molar-refractivity contribution in [2.45, 2.75) is 12.8 Å². The number of carbonyl (C=O) groups is 1. The summed E-state index contributed by atoms with van der Waals surface area (Å²) in [5.74, 6) is -0.508. The number of halogens is 6. The van der Waals surface area contributed by atoms with E-state index in [0.29, 0.717) is 15.6 Å². The van der Waals surface area contributed by atoms with Gasteiger partial charge >= 0.3 is 6.18 Å². The third kappa shape index (κ3) is 5.36. The first kappa shape index (κ1) is 21.8. The largest absolute Gasteiger partial charge is 0.487 e. The fourth-order valence-corrected chi connectivity index (χ4v) is 3.77. The number of rotatable bonds is 5. The summed E-state index contributed by atoms with van der Waals surface area (Å²) in [7, 11) is 0. The van der Waals surface area contributed by atoms with E-state index in [0.717, 1.165) is 23.5 Å². The SMILES string of the molecule is O=C(Nc1ccc(Cl)cc1C(F)(F)F)c1sccc1OCc1ccc(Cl)cc1Cl. The second-order valence-corrected chi connectivity index (χ2v) is 7.98. The Hall–Kier alpha value is -1.93. The summed E-state index contributed by atoms with van der Waals surface area (Å²) in [4.78, 5) is 12.7. The predicted molar refractivity (Wildman–Crippen MR) is 110 cm³/mol. The fourth-order valence-electron chi connectivity index (χ4n) is 2.41. The van der Waals surface area contributed by atoms with Crippen molar-refractivity contribution >= 4 is 57.7 Å². The van der Waals surface area contributed by atoms with Crippen molar-refractivity contribution in [2.75, 3.05) is 5.32 Å². The Morgan fingerprint density at radius 2 is 1.72 bits per heavy atom. The predicted octanol–water partition coefficient (Wildman–Crippen LogP) is 7.56. The third-order valence-electron chi connectivity index (χ3n) is 3.77. The van der Waals surface area contributed by atoms with Crippen molar-refractivity contribution in [1.29, 1.82) is 0 Å². The topological polar surface area (TPSA) is 38.3 Å². The van der Waals surface area contributed by atoms with E-state index in [4.69, 9.17) is 39.5 Å². The van der Waals surface area contributed by atoms with Gasteiger partial charge in [0.05, 0.1) is 11.3 Å². The first-order valence-electron chi connectivity index (χ1n) is 7.97. The molecule has 1 N–H and O–H groups in total. The number of carbonyl (C=O) groups excluding carboxylic acids is 1. The molecule has 0 spiro atoms. The number of alkyl halides is 3. The van der Waals surface area contributed by atoms with Crippen LogP contribution in [0.1, 0.15) is 20.8 Å². The summed E-state index contributed by atoms with van der Waals surface area (Å²) < 4.78 is 45.3. The van der Waals surface area contributed by atoms with Crippen LogP contribution in [0.5, 0.6) is 5.75 Å². The quantitative estimate of drug-likeness (QED) is 0.409. The van der Waals surface area contributed by atoms with E-state index < -0.39 is 23.3 Å². The highest BCUT2D eigenvalue weighted by Gasteiger charge is 2.34. The molecule has 0 saturated heterocycles. The highest BCUT2D eigenvalue weighted by molar-refractivity contribution is 7.12. The highest BCUT2D eigenvalue weighted by atomic mass is 35.5. The number of thiophene rings is 1. The van der Waals surface area contributed by atoms with Gasteiger partial charge in [-0.2, -0.15) is 13.2 Å². The lowest BCUT2D eigenvalue weighted by molar-refractivity contribution is -0.136. The van der Waals surface area contributed by atoms with Gasteiger partial charge in [0.25, 0.3) is 5.91 Å². The van der Waals surface area contributed by atoms with Crippen LogP contribution in [-0.4, -0.2) is 5.91 Å². The van der Waals surface area contributed by atoms with Gasteiger partial charge in [-0.1, -0.05) is 40.9 Å². The zero-order valence-electron chi connectivity index (χ0n) is 14.3. The molecule has 0 aliphatic carbocycles. The molecular weight excluding hydrogens is 470 g/mol. The number of ether oxygens (including phenoxy) is 1. The van der Waals surface area contributed by atoms with Gasteiger partial charge in [0.2, 0.25) is 0 Å². The molecule has 1 heterocycles. The first-order chi connectivity index (χ1) is 13.6. The smallest absolute Gasteiger partial charge is 0.418 e. The van der Waals surface area contributed by atoms with Crippen LogP contribution in [0, 0.1) is 0 Å². The average Bonchev–Trinajstić information content (AvgIpc) is 3.10. The molecule has 0 radical (unpaired) electrons. The number of hydrogen-bond donors (Lipinski definition) is 1. The van der Waals surface area contributed by atoms with Crippen LogP contribution >= 0.6 is 46.1 Å². The maximum atomic E-state index is 13.2. The van der Waals surface area contributed by atoms with Crippen molar-refractivity contribution < 1.29 is 22.7 Å². The first-order valence-corrected chi connectivity index (χ1v) is 9.99. The summed E-state index contributed by atoms with van der Waals surface area (Å²) in [6, 6.07) is 9.56. The van der Waals surface area contributed by atoms with Crippen molar-refractivity contribution in [3.05, 3.63) is 78.9 Å². The molecule has 0 atom stereocenters. The molecule has 10 heteroatoms. The van der Waals surface area contributed by atoms with E-state index in [2.05, 4.69) is 5.32 Å². The van der Waals surface area contributed by atoms with Crippen molar-refractivity contribution in [3.8, 4) is 5.75 Å². The monoisotopic (exact) mass is 479 g/mol. The van der Waals surface area contributed by atoms with Gasteiger partial charge in [0, 0.05) is 20.6 Å². The molecule has 0 aliphatic heterocycles. The average molecular weight is 481 g/mol. The normalized spacial score (nSPS) is 11.4. The summed E-state index contributed by atoms with van der Waals surface area (Å²) in [6.45, 7) is 0.0573. The number of hydrogen-bond acceptors (Lipinski definition) is 3. The number of amides is 1. The minimum Gasteiger partial charge on any atom is -0.487 e. The zero-order valence-corrected chi connectivity index (χ0v) is 17.4. The van der Waals surface area contributed by atoms with Crippen LogP contribution < -0.4 is 10.1 Å². The molecule has 0 fully saturated rings. The Morgan fingerprint density at radius 3 is 2.41 bits per heavy atom. The van der Waals surface area contributed by atoms with Crippen molar-refractivity contribution in [2.24, 2.45) is 0 Å². The second kappa shape index (κ2) is 8.83. The van der Waals surface area contributed by atoms with Crippen LogP contribution in [0.25, 0.3) is 0 Å². The van der Waals surface area contributed by atoms with Gasteiger partial charge in [-0.05, 0) is 41.8 Å². The van der Waals surface area contributed by atoms with E-state index in [1.54, 1.807) is 29.6 Å². The molecule has 29 heavy (non-hydrogen) atoms. The Bertz CT molecular complexity index is 1050. The van der Waals surface area contributed by atoms with Crippen LogP contribution in [0.15, 0.2) is 47.8 Å². The van der Waals surface area contributed by atoms with Crippen molar-refractivity contribution in [1.82, 2.24) is 0 Å². The zero-order chi connectivity index (χ0) is 21.2. The summed E-state index contributed by atoms with van der Waals surface area (Å²) in [5, 5.41) is 4.65. The molecule has 0 bridgehead atoms. The number of nitrogens with one attached hydrogen (secondary N) is 1. The van der Waals surface area contributed by atoms with E-state index in [1.165, 1.54) is 6.07 Å². The van der Waals surface area contributed by atoms with Crippen molar-refractivity contribution in [3.63, 3.8) is 0 Å². The van der Waals surface area contributed by atoms with Crippen LogP contribution in [0.3, 0.4) is 0 Å². The van der Waals surface area contributed by atoms with Crippen LogP contribution in [-0.2, 0) is 12.8 Å². The maximum Gasteiger partial charge on any atom is 0.418 e. The lowest BCUT2D eigenvalue weighted by atomic mass is 10.1. The molecule has 0 unspecified atom stereocenters. The molecule has 2 aromatic carbocycles. The highest BCUT2D eigenvalue weighted by Crippen LogP contribution is 2.37. The van der Waals surface area contributed by atoms with Gasteiger partial charge < -0.3 is 10.1 Å². The second-order valence-electron chi connectivity index (χ2n) is 5.78. The molecule has 1 amide bonds. The van der Waals surface area contributed by atoms with Crippen LogP contribution in [0.2, 0.25) is 15.1 Å². The van der Waals surface area contributed by atoms with Gasteiger partial charge in [-0.3, -0.25) is 4.79 Å². The summed E-state index contributed by atoms with van der Waals surface area (Å²) in [6.07, 6.45) is -4.67. The van der Waals surface area contributed by atoms with Gasteiger partial charge in [-0.15, -0.1) is 11.3 Å². The van der Waals surface area contributed by atoms with E-state index in [9.17, 15) is 18.0 Å². The Morgan fingerprint density at radius 1 is 1.03 bits per heavy atom. The Balaban J connectivity index is 1.78. The molecule has 3 aromatic rings. The summed E-state index contributed by atoms with van der Waals surface area (Å²) in [5.41, 5.74) is -0.789. The third-order valence-corrected chi connectivity index (χ3v) is 5.49. The lowest BCUT2D eigenvalue weighted by Crippen LogP contribution is -2.16. The number of benzene rings is 2. The standard InChI is InChI=1S/C19H11Cl3F3NO2S/c20-11-3-4-15(13(7-11)19(23,24)25)26-18(27)17-16(5-6-29-17)28-9-10-1-2-12(21)8-14(10)22/h1-8H,9H2,(H,26,27). The molecule has 1 aromatic heterocycles. The Labute approximate surface area is 183 Å². The number of anilines is 1. The minimum atomic E-state index is -4.67. The fraction of sp³-hybridized carbons (Fsp3) is 0.105. The molecule has 3 rings (SSSR count). The van der Waals surface area contributed by atoms with Crippen LogP contribution in [0.4, 0.5) is 18.9 Å². The van der Waals surface area contributed by atoms with Gasteiger partial charge in [-0.25, -0.2) is 0 Å². The molecule has 0 saturated carbocycles. The summed E-state index contributed by atoms with van der Waals surface area (Å²) >= 11 is 18.6. The van der Waals surface area contributed by atoms with E-state index in [1.807, 2.05) is 0 Å². The maximum absolute atomic E-state index is 13.2. The molecule has 152 valence electrons. The molecule has 0 aliphatic rings.